The third-order valence-electron chi connectivity index (χ3n) is 4.56. The number of rotatable bonds is 5. The summed E-state index contributed by atoms with van der Waals surface area (Å²) in [4.78, 5) is 17.7. The van der Waals surface area contributed by atoms with Crippen LogP contribution in [0.5, 0.6) is 0 Å². The quantitative estimate of drug-likeness (QED) is 0.656. The fourth-order valence-electron chi connectivity index (χ4n) is 3.01. The Balaban J connectivity index is 1.31. The molecule has 2 amide bonds. The summed E-state index contributed by atoms with van der Waals surface area (Å²) in [5.74, 6) is 2.23. The number of aliphatic hydroxyl groups is 1. The molecule has 2 aromatic rings. The first-order valence-electron chi connectivity index (χ1n) is 8.56. The fourth-order valence-corrected chi connectivity index (χ4v) is 4.13. The number of aromatic amines is 1. The van der Waals surface area contributed by atoms with Crippen LogP contribution in [0, 0.1) is 5.92 Å². The molecule has 1 saturated carbocycles. The Morgan fingerprint density at radius 3 is 3.04 bits per heavy atom. The molecule has 0 saturated heterocycles. The molecular weight excluding hydrogens is 338 g/mol. The van der Waals surface area contributed by atoms with Crippen molar-refractivity contribution < 1.29 is 9.90 Å². The summed E-state index contributed by atoms with van der Waals surface area (Å²) in [6.45, 7) is 0.249. The van der Waals surface area contributed by atoms with Crippen molar-refractivity contribution in [3.63, 3.8) is 0 Å². The molecule has 0 spiro atoms. The topological polar surface area (TPSA) is 103 Å². The highest BCUT2D eigenvalue weighted by Gasteiger charge is 2.33. The number of amides is 2. The molecule has 2 unspecified atom stereocenters. The minimum atomic E-state index is -0.602. The molecule has 0 radical (unpaired) electrons. The molecule has 8 heteroatoms. The van der Waals surface area contributed by atoms with Crippen molar-refractivity contribution in [3.8, 4) is 0 Å². The minimum absolute atomic E-state index is 0.0272. The normalized spacial score (nSPS) is 20.6. The van der Waals surface area contributed by atoms with Crippen molar-refractivity contribution in [1.29, 1.82) is 0 Å². The first-order chi connectivity index (χ1) is 12.2. The SMILES string of the molecule is O=C(NCc1nc(C(O)C2CC2)n[nH]1)NC1CCSc2ccccc21. The van der Waals surface area contributed by atoms with E-state index in [0.717, 1.165) is 25.0 Å². The van der Waals surface area contributed by atoms with E-state index in [4.69, 9.17) is 0 Å². The summed E-state index contributed by atoms with van der Waals surface area (Å²) >= 11 is 1.82. The minimum Gasteiger partial charge on any atom is -0.385 e. The lowest BCUT2D eigenvalue weighted by atomic mass is 10.0. The highest BCUT2D eigenvalue weighted by atomic mass is 32.2. The monoisotopic (exact) mass is 359 g/mol. The van der Waals surface area contributed by atoms with Crippen molar-refractivity contribution in [2.24, 2.45) is 5.92 Å². The number of H-pyrrole nitrogens is 1. The van der Waals surface area contributed by atoms with Gasteiger partial charge in [0.15, 0.2) is 5.82 Å². The summed E-state index contributed by atoms with van der Waals surface area (Å²) in [7, 11) is 0. The highest BCUT2D eigenvalue weighted by Crippen LogP contribution is 2.39. The summed E-state index contributed by atoms with van der Waals surface area (Å²) < 4.78 is 0. The lowest BCUT2D eigenvalue weighted by Crippen LogP contribution is -2.38. The molecule has 1 aromatic heterocycles. The molecule has 2 atom stereocenters. The summed E-state index contributed by atoms with van der Waals surface area (Å²) in [5, 5.41) is 22.7. The largest absolute Gasteiger partial charge is 0.385 e. The lowest BCUT2D eigenvalue weighted by molar-refractivity contribution is 0.144. The van der Waals surface area contributed by atoms with Crippen molar-refractivity contribution in [2.45, 2.75) is 42.8 Å². The van der Waals surface area contributed by atoms with E-state index in [0.29, 0.717) is 11.6 Å². The molecule has 1 fully saturated rings. The van der Waals surface area contributed by atoms with Gasteiger partial charge < -0.3 is 15.7 Å². The Morgan fingerprint density at radius 1 is 1.36 bits per heavy atom. The standard InChI is InChI=1S/C17H21N5O2S/c23-15(10-5-6-10)16-20-14(21-22-16)9-18-17(24)19-12-7-8-25-13-4-2-1-3-11(12)13/h1-4,10,12,15,23H,5-9H2,(H2,18,19,24)(H,20,21,22). The third kappa shape index (κ3) is 3.80. The van der Waals surface area contributed by atoms with Crippen molar-refractivity contribution in [1.82, 2.24) is 25.8 Å². The van der Waals surface area contributed by atoms with Gasteiger partial charge in [0.1, 0.15) is 11.9 Å². The molecule has 2 heterocycles. The zero-order valence-corrected chi connectivity index (χ0v) is 14.6. The zero-order chi connectivity index (χ0) is 17.2. The van der Waals surface area contributed by atoms with Gasteiger partial charge in [-0.05, 0) is 36.8 Å². The zero-order valence-electron chi connectivity index (χ0n) is 13.7. The Morgan fingerprint density at radius 2 is 2.20 bits per heavy atom. The van der Waals surface area contributed by atoms with Crippen LogP contribution < -0.4 is 10.6 Å². The number of fused-ring (bicyclic) bond motifs is 1. The number of urea groups is 1. The number of carbonyl (C=O) groups is 1. The summed E-state index contributed by atoms with van der Waals surface area (Å²) in [6, 6.07) is 7.97. The van der Waals surface area contributed by atoms with Crippen LogP contribution in [0.1, 0.15) is 48.6 Å². The van der Waals surface area contributed by atoms with E-state index in [9.17, 15) is 9.90 Å². The smallest absolute Gasteiger partial charge is 0.315 e. The average Bonchev–Trinajstić information content (AvgIpc) is 3.38. The first-order valence-corrected chi connectivity index (χ1v) is 9.54. The van der Waals surface area contributed by atoms with E-state index in [1.807, 2.05) is 23.9 Å². The molecule has 1 aromatic carbocycles. The van der Waals surface area contributed by atoms with E-state index in [1.165, 1.54) is 10.5 Å². The van der Waals surface area contributed by atoms with Crippen LogP contribution in [0.2, 0.25) is 0 Å². The number of thioether (sulfide) groups is 1. The fraction of sp³-hybridized carbons (Fsp3) is 0.471. The van der Waals surface area contributed by atoms with Crippen LogP contribution >= 0.6 is 11.8 Å². The number of nitrogens with one attached hydrogen (secondary N) is 3. The van der Waals surface area contributed by atoms with E-state index in [1.54, 1.807) is 0 Å². The van der Waals surface area contributed by atoms with E-state index in [-0.39, 0.29) is 24.5 Å². The molecule has 4 rings (SSSR count). The van der Waals surface area contributed by atoms with Crippen LogP contribution in [-0.4, -0.2) is 32.1 Å². The van der Waals surface area contributed by atoms with E-state index >= 15 is 0 Å². The van der Waals surface area contributed by atoms with Crippen LogP contribution in [0.3, 0.4) is 0 Å². The van der Waals surface area contributed by atoms with Crippen molar-refractivity contribution in [3.05, 3.63) is 41.5 Å². The van der Waals surface area contributed by atoms with Gasteiger partial charge >= 0.3 is 6.03 Å². The Bertz CT molecular complexity index is 761. The van der Waals surface area contributed by atoms with Gasteiger partial charge in [0.25, 0.3) is 0 Å². The maximum Gasteiger partial charge on any atom is 0.315 e. The Kier molecular flexibility index (Phi) is 4.63. The molecule has 4 N–H and O–H groups in total. The molecule has 1 aliphatic heterocycles. The predicted octanol–water partition coefficient (Wildman–Crippen LogP) is 2.28. The summed E-state index contributed by atoms with van der Waals surface area (Å²) in [5.41, 5.74) is 1.17. The van der Waals surface area contributed by atoms with Gasteiger partial charge in [-0.15, -0.1) is 11.8 Å². The second kappa shape index (κ2) is 7.05. The predicted molar refractivity (Wildman–Crippen MR) is 94.0 cm³/mol. The third-order valence-corrected chi connectivity index (χ3v) is 5.68. The van der Waals surface area contributed by atoms with E-state index < -0.39 is 6.10 Å². The van der Waals surface area contributed by atoms with Gasteiger partial charge in [0.2, 0.25) is 0 Å². The van der Waals surface area contributed by atoms with Crippen molar-refractivity contribution >= 4 is 17.8 Å². The lowest BCUT2D eigenvalue weighted by Gasteiger charge is -2.25. The van der Waals surface area contributed by atoms with Gasteiger partial charge in [0.05, 0.1) is 12.6 Å². The van der Waals surface area contributed by atoms with Crippen LogP contribution in [0.25, 0.3) is 0 Å². The van der Waals surface area contributed by atoms with Crippen LogP contribution in [0.4, 0.5) is 4.79 Å². The molecule has 0 bridgehead atoms. The number of hydrogen-bond acceptors (Lipinski definition) is 5. The van der Waals surface area contributed by atoms with Crippen molar-refractivity contribution in [2.75, 3.05) is 5.75 Å². The second-order valence-electron chi connectivity index (χ2n) is 6.48. The molecular formula is C17H21N5O2S. The number of aromatic nitrogens is 3. The number of nitrogens with zero attached hydrogens (tertiary/aromatic N) is 2. The molecule has 7 nitrogen and oxygen atoms in total. The van der Waals surface area contributed by atoms with E-state index in [2.05, 4.69) is 37.9 Å². The van der Waals surface area contributed by atoms with Gasteiger partial charge in [0, 0.05) is 10.6 Å². The van der Waals surface area contributed by atoms with Gasteiger partial charge in [-0.1, -0.05) is 18.2 Å². The second-order valence-corrected chi connectivity index (χ2v) is 7.61. The van der Waals surface area contributed by atoms with Gasteiger partial charge in [-0.3, -0.25) is 5.10 Å². The molecule has 25 heavy (non-hydrogen) atoms. The maximum atomic E-state index is 12.2. The van der Waals surface area contributed by atoms with Crippen LogP contribution in [0.15, 0.2) is 29.2 Å². The molecule has 132 valence electrons. The summed E-state index contributed by atoms with van der Waals surface area (Å²) in [6.07, 6.45) is 2.35. The molecule has 2 aliphatic rings. The number of benzene rings is 1. The number of hydrogen-bond donors (Lipinski definition) is 4. The first kappa shape index (κ1) is 16.4. The highest BCUT2D eigenvalue weighted by molar-refractivity contribution is 7.99. The van der Waals surface area contributed by atoms with Gasteiger partial charge in [-0.25, -0.2) is 9.78 Å². The average molecular weight is 359 g/mol. The number of aliphatic hydroxyl groups excluding tert-OH is 1. The molecule has 1 aliphatic carbocycles. The van der Waals surface area contributed by atoms with Gasteiger partial charge in [-0.2, -0.15) is 5.10 Å². The maximum absolute atomic E-state index is 12.2. The Hall–Kier alpha value is -2.06. The number of carbonyl (C=O) groups excluding carboxylic acids is 1. The Labute approximate surface area is 150 Å². The van der Waals surface area contributed by atoms with Crippen LogP contribution in [-0.2, 0) is 6.54 Å².